The van der Waals surface area contributed by atoms with Crippen LogP contribution in [0.3, 0.4) is 0 Å². The highest BCUT2D eigenvalue weighted by molar-refractivity contribution is 6.43. The van der Waals surface area contributed by atoms with Crippen molar-refractivity contribution in [1.82, 2.24) is 4.90 Å². The molecule has 8 nitrogen and oxygen atoms in total. The van der Waals surface area contributed by atoms with E-state index in [-0.39, 0.29) is 12.1 Å². The second-order valence-electron chi connectivity index (χ2n) is 10.4. The first-order chi connectivity index (χ1) is 19.2. The average Bonchev–Trinajstić information content (AvgIpc) is 3.20. The number of phenols is 1. The summed E-state index contributed by atoms with van der Waals surface area (Å²) in [6, 6.07) is 14.7. The zero-order valence-corrected chi connectivity index (χ0v) is 23.1. The molecule has 2 aromatic rings. The van der Waals surface area contributed by atoms with E-state index in [1.54, 1.807) is 12.1 Å². The van der Waals surface area contributed by atoms with E-state index in [9.17, 15) is 24.5 Å². The first-order valence-corrected chi connectivity index (χ1v) is 13.9. The topological polar surface area (TPSA) is 113 Å². The Labute approximate surface area is 238 Å². The Kier molecular flexibility index (Phi) is 8.17. The highest BCUT2D eigenvalue weighted by Crippen LogP contribution is 2.51. The summed E-state index contributed by atoms with van der Waals surface area (Å²) < 4.78 is 10.8. The summed E-state index contributed by atoms with van der Waals surface area (Å²) in [6.45, 7) is 2.00. The van der Waals surface area contributed by atoms with Crippen molar-refractivity contribution in [2.75, 3.05) is 7.11 Å². The molecule has 3 amide bonds. The van der Waals surface area contributed by atoms with Gasteiger partial charge >= 0.3 is 13.2 Å². The lowest BCUT2D eigenvalue weighted by atomic mass is 9.58. The quantitative estimate of drug-likeness (QED) is 0.211. The molecule has 0 aromatic heterocycles. The SMILES string of the molecule is CCC1=C2[C@@H](CC/C(=C/c3ccc(O)cc3Cl)c3ccccc3)OB(O)C[C@@H]2[C@@H]2C(=O)N(C(=O)OC)C(=O)[C@@H]2C1. The number of fused-ring (bicyclic) bond motifs is 3. The molecule has 208 valence electrons. The van der Waals surface area contributed by atoms with Crippen molar-refractivity contribution >= 4 is 48.3 Å². The highest BCUT2D eigenvalue weighted by Gasteiger charge is 2.59. The second kappa shape index (κ2) is 11.6. The minimum absolute atomic E-state index is 0.0828. The monoisotopic (exact) mass is 563 g/mol. The summed E-state index contributed by atoms with van der Waals surface area (Å²) in [5, 5.41) is 21.0. The molecule has 3 aliphatic rings. The van der Waals surface area contributed by atoms with Crippen LogP contribution < -0.4 is 0 Å². The van der Waals surface area contributed by atoms with Crippen LogP contribution in [-0.2, 0) is 19.0 Å². The number of likely N-dealkylation sites (tertiary alicyclic amines) is 1. The Morgan fingerprint density at radius 3 is 2.60 bits per heavy atom. The van der Waals surface area contributed by atoms with E-state index >= 15 is 0 Å². The van der Waals surface area contributed by atoms with Crippen LogP contribution in [0.4, 0.5) is 4.79 Å². The number of ether oxygens (including phenoxy) is 1. The summed E-state index contributed by atoms with van der Waals surface area (Å²) in [5.41, 5.74) is 4.73. The number of benzene rings is 2. The number of carbonyl (C=O) groups excluding carboxylic acids is 3. The van der Waals surface area contributed by atoms with E-state index in [0.717, 1.165) is 35.0 Å². The van der Waals surface area contributed by atoms with Crippen molar-refractivity contribution in [3.05, 3.63) is 75.8 Å². The van der Waals surface area contributed by atoms with E-state index in [0.29, 0.717) is 35.6 Å². The van der Waals surface area contributed by atoms with Crippen molar-refractivity contribution in [3.63, 3.8) is 0 Å². The van der Waals surface area contributed by atoms with E-state index in [2.05, 4.69) is 0 Å². The molecule has 0 spiro atoms. The number of hydrogen-bond donors (Lipinski definition) is 2. The predicted octanol–water partition coefficient (Wildman–Crippen LogP) is 5.34. The van der Waals surface area contributed by atoms with Crippen molar-refractivity contribution in [1.29, 1.82) is 0 Å². The molecule has 2 saturated heterocycles. The van der Waals surface area contributed by atoms with Gasteiger partial charge in [0.05, 0.1) is 30.1 Å². The van der Waals surface area contributed by atoms with Crippen molar-refractivity contribution in [3.8, 4) is 5.75 Å². The molecule has 10 heteroatoms. The number of carbonyl (C=O) groups is 3. The van der Waals surface area contributed by atoms with Crippen LogP contribution >= 0.6 is 11.6 Å². The van der Waals surface area contributed by atoms with Crippen LogP contribution in [0.15, 0.2) is 59.7 Å². The zero-order valence-electron chi connectivity index (χ0n) is 22.4. The summed E-state index contributed by atoms with van der Waals surface area (Å²) in [4.78, 5) is 39.3. The number of allylic oxidation sites excluding steroid dienone is 2. The van der Waals surface area contributed by atoms with Gasteiger partial charge < -0.3 is 19.5 Å². The second-order valence-corrected chi connectivity index (χ2v) is 10.8. The Morgan fingerprint density at radius 2 is 1.93 bits per heavy atom. The maximum atomic E-state index is 13.3. The fraction of sp³-hybridized carbons (Fsp3) is 0.367. The molecule has 0 unspecified atom stereocenters. The summed E-state index contributed by atoms with van der Waals surface area (Å²) >= 11 is 6.41. The minimum Gasteiger partial charge on any atom is -0.508 e. The fourth-order valence-electron chi connectivity index (χ4n) is 6.43. The van der Waals surface area contributed by atoms with E-state index in [4.69, 9.17) is 21.0 Å². The molecule has 2 fully saturated rings. The van der Waals surface area contributed by atoms with Crippen LogP contribution in [0, 0.1) is 17.8 Å². The van der Waals surface area contributed by atoms with Gasteiger partial charge in [0.1, 0.15) is 5.75 Å². The van der Waals surface area contributed by atoms with Crippen LogP contribution in [0.2, 0.25) is 11.3 Å². The molecule has 1 aliphatic carbocycles. The molecule has 2 aliphatic heterocycles. The minimum atomic E-state index is -1.11. The van der Waals surface area contributed by atoms with E-state index in [1.165, 1.54) is 6.07 Å². The number of imide groups is 3. The smallest absolute Gasteiger partial charge is 0.455 e. The Bertz CT molecular complexity index is 1390. The lowest BCUT2D eigenvalue weighted by Gasteiger charge is -2.43. The molecule has 40 heavy (non-hydrogen) atoms. The average molecular weight is 564 g/mol. The molecule has 2 heterocycles. The molecule has 5 rings (SSSR count). The van der Waals surface area contributed by atoms with Gasteiger partial charge in [-0.15, -0.1) is 0 Å². The molecule has 0 radical (unpaired) electrons. The van der Waals surface area contributed by atoms with Crippen molar-refractivity contribution in [2.45, 2.75) is 45.0 Å². The van der Waals surface area contributed by atoms with Gasteiger partial charge in [-0.05, 0) is 84.5 Å². The lowest BCUT2D eigenvalue weighted by Crippen LogP contribution is -2.46. The summed E-state index contributed by atoms with van der Waals surface area (Å²) in [6.07, 6.45) is 2.83. The molecular weight excluding hydrogens is 533 g/mol. The Hall–Kier alpha value is -3.40. The molecule has 4 atom stereocenters. The number of amides is 3. The number of aromatic hydroxyl groups is 1. The molecule has 0 bridgehead atoms. The van der Waals surface area contributed by atoms with Crippen molar-refractivity contribution in [2.24, 2.45) is 17.8 Å². The molecule has 2 N–H and O–H groups in total. The summed E-state index contributed by atoms with van der Waals surface area (Å²) in [7, 11) is 0.0325. The third-order valence-corrected chi connectivity index (χ3v) is 8.55. The third-order valence-electron chi connectivity index (χ3n) is 8.23. The van der Waals surface area contributed by atoms with E-state index in [1.807, 2.05) is 43.3 Å². The van der Waals surface area contributed by atoms with Gasteiger partial charge in [0.15, 0.2) is 0 Å². The number of rotatable bonds is 6. The third kappa shape index (κ3) is 5.21. The van der Waals surface area contributed by atoms with Crippen LogP contribution in [-0.4, -0.2) is 53.3 Å². The van der Waals surface area contributed by atoms with Crippen LogP contribution in [0.25, 0.3) is 11.6 Å². The summed E-state index contributed by atoms with van der Waals surface area (Å²) in [5.74, 6) is -2.83. The molecule has 0 saturated carbocycles. The van der Waals surface area contributed by atoms with Gasteiger partial charge in [0.25, 0.3) is 0 Å². The number of halogens is 1. The van der Waals surface area contributed by atoms with Gasteiger partial charge in [0, 0.05) is 0 Å². The van der Waals surface area contributed by atoms with Gasteiger partial charge in [-0.3, -0.25) is 9.59 Å². The lowest BCUT2D eigenvalue weighted by molar-refractivity contribution is -0.137. The number of methoxy groups -OCH3 is 1. The maximum absolute atomic E-state index is 13.3. The van der Waals surface area contributed by atoms with Gasteiger partial charge in [-0.2, -0.15) is 4.90 Å². The van der Waals surface area contributed by atoms with Crippen LogP contribution in [0.5, 0.6) is 5.75 Å². The van der Waals surface area contributed by atoms with Gasteiger partial charge in [-0.25, -0.2) is 4.79 Å². The first kappa shape index (κ1) is 28.1. The molecular formula is C30H31BClNO7. The van der Waals surface area contributed by atoms with Gasteiger partial charge in [0.2, 0.25) is 11.8 Å². The van der Waals surface area contributed by atoms with E-state index < -0.39 is 48.9 Å². The zero-order chi connectivity index (χ0) is 28.6. The number of hydrogen-bond acceptors (Lipinski definition) is 7. The Morgan fingerprint density at radius 1 is 1.18 bits per heavy atom. The normalized spacial score (nSPS) is 24.8. The predicted molar refractivity (Wildman–Crippen MR) is 151 cm³/mol. The highest BCUT2D eigenvalue weighted by atomic mass is 35.5. The Balaban J connectivity index is 1.47. The largest absolute Gasteiger partial charge is 0.508 e. The maximum Gasteiger partial charge on any atom is 0.455 e. The fourth-order valence-corrected chi connectivity index (χ4v) is 6.66. The van der Waals surface area contributed by atoms with Gasteiger partial charge in [-0.1, -0.05) is 54.4 Å². The standard InChI is InChI=1S/C30H31BClNO7/c1-3-17-14-22-27(29(36)33(28(22)35)30(37)39-2)23-16-31(38)40-25(26(17)23)12-10-19(18-7-5-4-6-8-18)13-20-9-11-21(34)15-24(20)32/h4-9,11,13,15,22-23,25,27,34,38H,3,10,12,14,16H2,1-2H3/b19-13-/t22-,23+,25-,27-/m1/s1. The number of nitrogens with zero attached hydrogens (tertiary/aromatic N) is 1. The number of phenolic OH excluding ortho intramolecular Hbond substituents is 1. The molecule has 2 aromatic carbocycles. The van der Waals surface area contributed by atoms with Crippen molar-refractivity contribution < 1.29 is 33.9 Å². The first-order valence-electron chi connectivity index (χ1n) is 13.5. The van der Waals surface area contributed by atoms with Crippen LogP contribution in [0.1, 0.15) is 43.7 Å².